The number of hydrogen-bond donors (Lipinski definition) is 2. The monoisotopic (exact) mass is 512 g/mol. The Hall–Kier alpha value is -1.61. The molecule has 152 valence electrons. The van der Waals surface area contributed by atoms with Crippen molar-refractivity contribution in [1.29, 1.82) is 0 Å². The molecular weight excluding hydrogens is 483 g/mol. The van der Waals surface area contributed by atoms with Crippen LogP contribution < -0.4 is 10.6 Å². The molecule has 0 radical (unpaired) electrons. The Morgan fingerprint density at radius 3 is 2.71 bits per heavy atom. The predicted octanol–water partition coefficient (Wildman–Crippen LogP) is 3.70. The van der Waals surface area contributed by atoms with Crippen LogP contribution in [-0.2, 0) is 24.3 Å². The molecule has 1 amide bonds. The lowest BCUT2D eigenvalue weighted by Crippen LogP contribution is -2.38. The number of hydrogen-bond acceptors (Lipinski definition) is 3. The molecule has 1 aliphatic rings. The molecule has 0 unspecified atom stereocenters. The van der Waals surface area contributed by atoms with Crippen LogP contribution in [0.5, 0.6) is 0 Å². The van der Waals surface area contributed by atoms with E-state index in [-0.39, 0.29) is 29.9 Å². The summed E-state index contributed by atoms with van der Waals surface area (Å²) in [5.74, 6) is 1.02. The number of benzene rings is 1. The molecular formula is C21H29IN4OS. The van der Waals surface area contributed by atoms with Gasteiger partial charge in [0.25, 0.3) is 0 Å². The number of nitrogens with one attached hydrogen (secondary N) is 2. The smallest absolute Gasteiger partial charge is 0.222 e. The lowest BCUT2D eigenvalue weighted by molar-refractivity contribution is -0.132. The number of aliphatic imine (C=N–C) groups is 1. The summed E-state index contributed by atoms with van der Waals surface area (Å²) in [6.07, 6.45) is 2.32. The quantitative estimate of drug-likeness (QED) is 0.269. The van der Waals surface area contributed by atoms with Gasteiger partial charge in [0.2, 0.25) is 5.91 Å². The van der Waals surface area contributed by atoms with E-state index in [0.29, 0.717) is 6.42 Å². The maximum Gasteiger partial charge on any atom is 0.222 e. The first-order valence-corrected chi connectivity index (χ1v) is 10.4. The first kappa shape index (κ1) is 22.7. The number of fused-ring (bicyclic) bond motifs is 1. The van der Waals surface area contributed by atoms with E-state index in [1.807, 2.05) is 11.0 Å². The molecule has 0 bridgehead atoms. The van der Waals surface area contributed by atoms with Crippen molar-refractivity contribution in [2.24, 2.45) is 4.99 Å². The third kappa shape index (κ3) is 6.20. The van der Waals surface area contributed by atoms with Crippen molar-refractivity contribution < 1.29 is 4.79 Å². The molecule has 1 aliphatic heterocycles. The van der Waals surface area contributed by atoms with Crippen LogP contribution in [-0.4, -0.2) is 36.9 Å². The van der Waals surface area contributed by atoms with E-state index in [9.17, 15) is 4.79 Å². The van der Waals surface area contributed by atoms with Crippen molar-refractivity contribution in [3.05, 3.63) is 57.3 Å². The summed E-state index contributed by atoms with van der Waals surface area (Å²) in [5, 5.41) is 8.73. The molecule has 1 aromatic carbocycles. The Bertz CT molecular complexity index is 805. The van der Waals surface area contributed by atoms with Gasteiger partial charge < -0.3 is 15.5 Å². The molecule has 0 atom stereocenters. The molecule has 0 saturated carbocycles. The fourth-order valence-corrected chi connectivity index (χ4v) is 4.13. The number of carbonyl (C=O) groups excluding carboxylic acids is 1. The van der Waals surface area contributed by atoms with E-state index in [2.05, 4.69) is 52.2 Å². The minimum atomic E-state index is 0. The summed E-state index contributed by atoms with van der Waals surface area (Å²) < 4.78 is 0. The maximum absolute atomic E-state index is 12.5. The largest absolute Gasteiger partial charge is 0.356 e. The number of carbonyl (C=O) groups is 1. The predicted molar refractivity (Wildman–Crippen MR) is 127 cm³/mol. The highest BCUT2D eigenvalue weighted by molar-refractivity contribution is 14.0. The summed E-state index contributed by atoms with van der Waals surface area (Å²) in [4.78, 5) is 20.0. The normalized spacial score (nSPS) is 13.5. The minimum absolute atomic E-state index is 0. The first-order chi connectivity index (χ1) is 13.2. The zero-order valence-electron chi connectivity index (χ0n) is 16.5. The number of aryl methyl sites for hydroxylation is 1. The SMILES string of the molecule is CN=C(NCCCC(=O)N1CCc2ccccc2C1)NCc1sccc1C.I. The minimum Gasteiger partial charge on any atom is -0.356 e. The molecule has 2 aromatic rings. The number of nitrogens with zero attached hydrogens (tertiary/aromatic N) is 2. The number of amides is 1. The molecule has 28 heavy (non-hydrogen) atoms. The van der Waals surface area contributed by atoms with Gasteiger partial charge in [-0.3, -0.25) is 9.79 Å². The van der Waals surface area contributed by atoms with Crippen LogP contribution in [0.15, 0.2) is 40.7 Å². The van der Waals surface area contributed by atoms with E-state index >= 15 is 0 Å². The number of halogens is 1. The lowest BCUT2D eigenvalue weighted by Gasteiger charge is -2.29. The summed E-state index contributed by atoms with van der Waals surface area (Å²) >= 11 is 1.75. The molecule has 0 saturated heterocycles. The number of rotatable bonds is 6. The highest BCUT2D eigenvalue weighted by Crippen LogP contribution is 2.19. The average Bonchev–Trinajstić information content (AvgIpc) is 3.11. The van der Waals surface area contributed by atoms with Crippen LogP contribution in [0.2, 0.25) is 0 Å². The van der Waals surface area contributed by atoms with Crippen molar-refractivity contribution in [3.8, 4) is 0 Å². The van der Waals surface area contributed by atoms with E-state index in [0.717, 1.165) is 45.0 Å². The summed E-state index contributed by atoms with van der Waals surface area (Å²) in [7, 11) is 1.77. The van der Waals surface area contributed by atoms with Gasteiger partial charge in [-0.25, -0.2) is 0 Å². The third-order valence-electron chi connectivity index (χ3n) is 4.95. The maximum atomic E-state index is 12.5. The molecule has 0 fully saturated rings. The zero-order chi connectivity index (χ0) is 19.1. The van der Waals surface area contributed by atoms with E-state index < -0.39 is 0 Å². The molecule has 0 spiro atoms. The molecule has 3 rings (SSSR count). The van der Waals surface area contributed by atoms with E-state index in [4.69, 9.17) is 0 Å². The van der Waals surface area contributed by atoms with Crippen LogP contribution >= 0.6 is 35.3 Å². The van der Waals surface area contributed by atoms with Gasteiger partial charge in [0, 0.05) is 38.0 Å². The van der Waals surface area contributed by atoms with Crippen molar-refractivity contribution in [1.82, 2.24) is 15.5 Å². The van der Waals surface area contributed by atoms with Crippen LogP contribution in [0.1, 0.15) is 34.4 Å². The van der Waals surface area contributed by atoms with Gasteiger partial charge in [-0.15, -0.1) is 35.3 Å². The van der Waals surface area contributed by atoms with E-state index in [1.165, 1.54) is 21.6 Å². The second-order valence-electron chi connectivity index (χ2n) is 6.82. The Kier molecular flexibility index (Phi) is 9.24. The second-order valence-corrected chi connectivity index (χ2v) is 7.82. The van der Waals surface area contributed by atoms with Crippen molar-refractivity contribution in [3.63, 3.8) is 0 Å². The van der Waals surface area contributed by atoms with Gasteiger partial charge in [-0.1, -0.05) is 24.3 Å². The molecule has 0 aliphatic carbocycles. The lowest BCUT2D eigenvalue weighted by atomic mass is 9.99. The van der Waals surface area contributed by atoms with Crippen molar-refractivity contribution in [2.45, 2.75) is 39.3 Å². The standard InChI is InChI=1S/C21H28N4OS.HI/c1-16-10-13-27-19(16)14-24-21(22-2)23-11-5-8-20(26)25-12-9-17-6-3-4-7-18(17)15-25;/h3-4,6-7,10,13H,5,8-9,11-12,14-15H2,1-2H3,(H2,22,23,24);1H. The van der Waals surface area contributed by atoms with Gasteiger partial charge in [-0.05, 0) is 47.9 Å². The van der Waals surface area contributed by atoms with Crippen LogP contribution in [0.4, 0.5) is 0 Å². The third-order valence-corrected chi connectivity index (χ3v) is 5.97. The van der Waals surface area contributed by atoms with Crippen molar-refractivity contribution >= 4 is 47.2 Å². The molecule has 2 heterocycles. The molecule has 1 aromatic heterocycles. The van der Waals surface area contributed by atoms with Crippen molar-refractivity contribution in [2.75, 3.05) is 20.1 Å². The summed E-state index contributed by atoms with van der Waals surface area (Å²) in [5.41, 5.74) is 3.96. The van der Waals surface area contributed by atoms with Gasteiger partial charge in [0.05, 0.1) is 6.54 Å². The Balaban J connectivity index is 0.00000280. The zero-order valence-corrected chi connectivity index (χ0v) is 19.7. The Morgan fingerprint density at radius 2 is 2.00 bits per heavy atom. The van der Waals surface area contributed by atoms with Gasteiger partial charge in [-0.2, -0.15) is 0 Å². The fraction of sp³-hybridized carbons (Fsp3) is 0.429. The second kappa shape index (κ2) is 11.4. The molecule has 2 N–H and O–H groups in total. The Morgan fingerprint density at radius 1 is 1.21 bits per heavy atom. The summed E-state index contributed by atoms with van der Waals surface area (Å²) in [6.45, 7) is 5.20. The topological polar surface area (TPSA) is 56.7 Å². The van der Waals surface area contributed by atoms with Gasteiger partial charge >= 0.3 is 0 Å². The molecule has 5 nitrogen and oxygen atoms in total. The fourth-order valence-electron chi connectivity index (χ4n) is 3.28. The van der Waals surface area contributed by atoms with E-state index in [1.54, 1.807) is 18.4 Å². The summed E-state index contributed by atoms with van der Waals surface area (Å²) in [6, 6.07) is 10.5. The molecule has 7 heteroatoms. The first-order valence-electron chi connectivity index (χ1n) is 9.49. The van der Waals surface area contributed by atoms with Crippen LogP contribution in [0.25, 0.3) is 0 Å². The number of guanidine groups is 1. The van der Waals surface area contributed by atoms with Gasteiger partial charge in [0.1, 0.15) is 0 Å². The van der Waals surface area contributed by atoms with Crippen LogP contribution in [0.3, 0.4) is 0 Å². The highest BCUT2D eigenvalue weighted by Gasteiger charge is 2.19. The highest BCUT2D eigenvalue weighted by atomic mass is 127. The van der Waals surface area contributed by atoms with Gasteiger partial charge in [0.15, 0.2) is 5.96 Å². The number of thiophene rings is 1. The average molecular weight is 512 g/mol. The van der Waals surface area contributed by atoms with Crippen LogP contribution in [0, 0.1) is 6.92 Å². The Labute approximate surface area is 188 Å².